The predicted octanol–water partition coefficient (Wildman–Crippen LogP) is 2.51. The number of amides is 1. The van der Waals surface area contributed by atoms with Crippen LogP contribution in [0.4, 0.5) is 5.69 Å². The number of thiocarbonyl (C=S) groups is 1. The van der Waals surface area contributed by atoms with Gasteiger partial charge in [0.05, 0.1) is 0 Å². The molecule has 0 spiro atoms. The fourth-order valence-electron chi connectivity index (χ4n) is 1.26. The van der Waals surface area contributed by atoms with Gasteiger partial charge in [-0.15, -0.1) is 0 Å². The Morgan fingerprint density at radius 3 is 2.50 bits per heavy atom. The van der Waals surface area contributed by atoms with E-state index in [0.717, 1.165) is 22.1 Å². The molecule has 3 nitrogen and oxygen atoms in total. The van der Waals surface area contributed by atoms with Crippen molar-refractivity contribution < 1.29 is 4.79 Å². The van der Waals surface area contributed by atoms with Crippen molar-refractivity contribution in [1.29, 1.82) is 0 Å². The summed E-state index contributed by atoms with van der Waals surface area (Å²) in [4.78, 5) is 11.4. The molecule has 1 aromatic carbocycles. The molecule has 1 fully saturated rings. The quantitative estimate of drug-likeness (QED) is 0.639. The molecule has 1 aliphatic rings. The van der Waals surface area contributed by atoms with Gasteiger partial charge in [0.25, 0.3) is 0 Å². The number of benzene rings is 1. The summed E-state index contributed by atoms with van der Waals surface area (Å²) in [5, 5.41) is 6.04. The molecule has 0 unspecified atom stereocenters. The monoisotopic (exact) mass is 346 g/mol. The van der Waals surface area contributed by atoms with Gasteiger partial charge in [0.15, 0.2) is 5.11 Å². The van der Waals surface area contributed by atoms with Crippen molar-refractivity contribution in [2.75, 3.05) is 5.32 Å². The molecule has 1 saturated carbocycles. The fraction of sp³-hybridized carbons (Fsp3) is 0.273. The van der Waals surface area contributed by atoms with Crippen LogP contribution in [0.25, 0.3) is 0 Å². The van der Waals surface area contributed by atoms with Gasteiger partial charge in [0.1, 0.15) is 0 Å². The van der Waals surface area contributed by atoms with E-state index in [1.54, 1.807) is 0 Å². The van der Waals surface area contributed by atoms with Crippen LogP contribution in [0.1, 0.15) is 12.8 Å². The van der Waals surface area contributed by atoms with Gasteiger partial charge in [0, 0.05) is 15.2 Å². The summed E-state index contributed by atoms with van der Waals surface area (Å²) in [5.41, 5.74) is 0.890. The molecule has 2 N–H and O–H groups in total. The zero-order valence-corrected chi connectivity index (χ0v) is 11.5. The van der Waals surface area contributed by atoms with Crippen LogP contribution in [0.2, 0.25) is 0 Å². The van der Waals surface area contributed by atoms with E-state index in [1.807, 2.05) is 24.3 Å². The zero-order chi connectivity index (χ0) is 11.5. The summed E-state index contributed by atoms with van der Waals surface area (Å²) in [6, 6.07) is 7.82. The third kappa shape index (κ3) is 3.41. The minimum atomic E-state index is 0.0306. The van der Waals surface area contributed by atoms with Crippen LogP contribution in [-0.2, 0) is 4.79 Å². The first-order valence-electron chi connectivity index (χ1n) is 5.02. The number of hydrogen-bond donors (Lipinski definition) is 2. The summed E-state index contributed by atoms with van der Waals surface area (Å²) < 4.78 is 1.16. The Bertz CT molecular complexity index is 414. The second-order valence-corrected chi connectivity index (χ2v) is 5.38. The molecular weight excluding hydrogens is 335 g/mol. The highest BCUT2D eigenvalue weighted by atomic mass is 127. The fourth-order valence-corrected chi connectivity index (χ4v) is 1.83. The van der Waals surface area contributed by atoms with E-state index >= 15 is 0 Å². The van der Waals surface area contributed by atoms with Gasteiger partial charge in [-0.25, -0.2) is 0 Å². The Balaban J connectivity index is 1.86. The molecule has 0 aliphatic heterocycles. The number of carbonyl (C=O) groups is 1. The molecule has 1 aromatic rings. The Labute approximate surface area is 113 Å². The Kier molecular flexibility index (Phi) is 3.75. The van der Waals surface area contributed by atoms with Crippen LogP contribution in [0, 0.1) is 9.49 Å². The van der Waals surface area contributed by atoms with Crippen molar-refractivity contribution in [2.45, 2.75) is 12.8 Å². The first-order chi connectivity index (χ1) is 7.65. The molecular formula is C11H11IN2OS. The number of carbonyl (C=O) groups excluding carboxylic acids is 1. The maximum Gasteiger partial charge on any atom is 0.229 e. The lowest BCUT2D eigenvalue weighted by molar-refractivity contribution is -0.120. The van der Waals surface area contributed by atoms with Crippen molar-refractivity contribution in [2.24, 2.45) is 5.92 Å². The predicted molar refractivity (Wildman–Crippen MR) is 76.2 cm³/mol. The summed E-state index contributed by atoms with van der Waals surface area (Å²) in [7, 11) is 0. The van der Waals surface area contributed by atoms with Crippen LogP contribution in [-0.4, -0.2) is 11.0 Å². The van der Waals surface area contributed by atoms with Crippen LogP contribution in [0.15, 0.2) is 24.3 Å². The zero-order valence-electron chi connectivity index (χ0n) is 8.50. The van der Waals surface area contributed by atoms with Crippen molar-refractivity contribution >= 4 is 51.5 Å². The van der Waals surface area contributed by atoms with Crippen molar-refractivity contribution in [3.8, 4) is 0 Å². The molecule has 0 heterocycles. The Morgan fingerprint density at radius 1 is 1.31 bits per heavy atom. The first kappa shape index (κ1) is 11.8. The van der Waals surface area contributed by atoms with Crippen molar-refractivity contribution in [3.05, 3.63) is 27.8 Å². The largest absolute Gasteiger partial charge is 0.332 e. The van der Waals surface area contributed by atoms with E-state index in [-0.39, 0.29) is 11.8 Å². The number of nitrogens with one attached hydrogen (secondary N) is 2. The molecule has 0 saturated heterocycles. The van der Waals surface area contributed by atoms with Gasteiger partial charge in [-0.1, -0.05) is 0 Å². The van der Waals surface area contributed by atoms with E-state index in [0.29, 0.717) is 5.11 Å². The Hall–Kier alpha value is -0.690. The van der Waals surface area contributed by atoms with Gasteiger partial charge in [-0.05, 0) is 71.9 Å². The van der Waals surface area contributed by atoms with Crippen LogP contribution >= 0.6 is 34.8 Å². The minimum absolute atomic E-state index is 0.0306. The smallest absolute Gasteiger partial charge is 0.229 e. The average Bonchev–Trinajstić information content (AvgIpc) is 3.04. The second-order valence-electron chi connectivity index (χ2n) is 3.72. The molecule has 5 heteroatoms. The lowest BCUT2D eigenvalue weighted by Gasteiger charge is -2.08. The molecule has 84 valence electrons. The van der Waals surface area contributed by atoms with Gasteiger partial charge in [-0.2, -0.15) is 0 Å². The van der Waals surface area contributed by atoms with Crippen LogP contribution < -0.4 is 10.6 Å². The van der Waals surface area contributed by atoms with Crippen LogP contribution in [0.5, 0.6) is 0 Å². The molecule has 16 heavy (non-hydrogen) atoms. The van der Waals surface area contributed by atoms with Crippen LogP contribution in [0.3, 0.4) is 0 Å². The maximum absolute atomic E-state index is 11.4. The third-order valence-corrected chi connectivity index (χ3v) is 3.21. The third-order valence-electron chi connectivity index (χ3n) is 2.29. The molecule has 0 bridgehead atoms. The van der Waals surface area contributed by atoms with E-state index < -0.39 is 0 Å². The Morgan fingerprint density at radius 2 is 1.94 bits per heavy atom. The first-order valence-corrected chi connectivity index (χ1v) is 6.51. The number of anilines is 1. The number of rotatable bonds is 2. The summed E-state index contributed by atoms with van der Waals surface area (Å²) in [6.45, 7) is 0. The van der Waals surface area contributed by atoms with E-state index in [2.05, 4.69) is 33.2 Å². The maximum atomic E-state index is 11.4. The molecule has 0 aromatic heterocycles. The lowest BCUT2D eigenvalue weighted by atomic mass is 10.3. The lowest BCUT2D eigenvalue weighted by Crippen LogP contribution is -2.35. The molecule has 2 rings (SSSR count). The highest BCUT2D eigenvalue weighted by Crippen LogP contribution is 2.28. The summed E-state index contributed by atoms with van der Waals surface area (Å²) in [6.07, 6.45) is 1.97. The van der Waals surface area contributed by atoms with Gasteiger partial charge in [-0.3, -0.25) is 4.79 Å². The highest BCUT2D eigenvalue weighted by Gasteiger charge is 2.29. The van der Waals surface area contributed by atoms with E-state index in [9.17, 15) is 4.79 Å². The molecule has 0 radical (unpaired) electrons. The molecule has 1 aliphatic carbocycles. The summed E-state index contributed by atoms with van der Waals surface area (Å²) >= 11 is 7.28. The van der Waals surface area contributed by atoms with Crippen molar-refractivity contribution in [3.63, 3.8) is 0 Å². The topological polar surface area (TPSA) is 41.1 Å². The average molecular weight is 346 g/mol. The molecule has 0 atom stereocenters. The van der Waals surface area contributed by atoms with Gasteiger partial charge >= 0.3 is 0 Å². The second kappa shape index (κ2) is 5.09. The van der Waals surface area contributed by atoms with Crippen molar-refractivity contribution in [1.82, 2.24) is 5.32 Å². The SMILES string of the molecule is O=C(NC(=S)Nc1ccc(I)cc1)C1CC1. The number of hydrogen-bond acceptors (Lipinski definition) is 2. The van der Waals surface area contributed by atoms with E-state index in [4.69, 9.17) is 12.2 Å². The van der Waals surface area contributed by atoms with Gasteiger partial charge in [0.2, 0.25) is 5.91 Å². The van der Waals surface area contributed by atoms with Gasteiger partial charge < -0.3 is 10.6 Å². The normalized spacial score (nSPS) is 14.3. The molecule has 1 amide bonds. The summed E-state index contributed by atoms with van der Waals surface area (Å²) in [5.74, 6) is 0.208. The van der Waals surface area contributed by atoms with E-state index in [1.165, 1.54) is 0 Å². The highest BCUT2D eigenvalue weighted by molar-refractivity contribution is 14.1. The number of halogens is 1. The standard InChI is InChI=1S/C11H11IN2OS/c12-8-3-5-9(6-4-8)13-11(16)14-10(15)7-1-2-7/h3-7H,1-2H2,(H2,13,14,15,16). The minimum Gasteiger partial charge on any atom is -0.332 e.